The molecule has 0 aliphatic rings. The summed E-state index contributed by atoms with van der Waals surface area (Å²) < 4.78 is 10.9. The minimum atomic E-state index is 0.179. The van der Waals surface area contributed by atoms with E-state index in [9.17, 15) is 0 Å². The number of furan rings is 1. The van der Waals surface area contributed by atoms with Crippen LogP contribution in [0.3, 0.4) is 0 Å². The summed E-state index contributed by atoms with van der Waals surface area (Å²) in [6.07, 6.45) is 1.10. The maximum Gasteiger partial charge on any atom is 0.129 e. The maximum atomic E-state index is 5.84. The average Bonchev–Trinajstić information content (AvgIpc) is 2.74. The van der Waals surface area contributed by atoms with E-state index in [1.807, 2.05) is 6.07 Å². The van der Waals surface area contributed by atoms with Gasteiger partial charge in [-0.3, -0.25) is 0 Å². The monoisotopic (exact) mass is 239 g/mol. The van der Waals surface area contributed by atoms with Crippen molar-refractivity contribution < 1.29 is 9.15 Å². The Morgan fingerprint density at radius 2 is 2.06 bits per heavy atom. The van der Waals surface area contributed by atoms with Crippen LogP contribution in [0, 0.1) is 5.41 Å². The van der Waals surface area contributed by atoms with Crippen LogP contribution in [0.15, 0.2) is 16.5 Å². The van der Waals surface area contributed by atoms with E-state index >= 15 is 0 Å². The summed E-state index contributed by atoms with van der Waals surface area (Å²) in [6.45, 7) is 10.3. The largest absolute Gasteiger partial charge is 0.462 e. The molecule has 1 aromatic heterocycles. The van der Waals surface area contributed by atoms with E-state index < -0.39 is 0 Å². The summed E-state index contributed by atoms with van der Waals surface area (Å²) in [5.74, 6) is 1.89. The molecule has 0 fully saturated rings. The molecule has 0 saturated heterocycles. The van der Waals surface area contributed by atoms with Gasteiger partial charge in [-0.25, -0.2) is 0 Å². The Balaban J connectivity index is 2.89. The quantitative estimate of drug-likeness (QED) is 0.790. The molecule has 1 heterocycles. The first kappa shape index (κ1) is 14.3. The van der Waals surface area contributed by atoms with Crippen LogP contribution in [-0.2, 0) is 11.3 Å². The van der Waals surface area contributed by atoms with Gasteiger partial charge >= 0.3 is 0 Å². The Labute approximate surface area is 105 Å². The van der Waals surface area contributed by atoms with Crippen LogP contribution in [-0.4, -0.2) is 13.7 Å². The molecule has 17 heavy (non-hydrogen) atoms. The molecule has 1 atom stereocenters. The Kier molecular flexibility index (Phi) is 5.22. The summed E-state index contributed by atoms with van der Waals surface area (Å²) in [5.41, 5.74) is 0.179. The van der Waals surface area contributed by atoms with Crippen molar-refractivity contribution in [2.75, 3.05) is 13.7 Å². The highest BCUT2D eigenvalue weighted by atomic mass is 16.5. The van der Waals surface area contributed by atoms with Crippen molar-refractivity contribution in [2.45, 2.75) is 46.8 Å². The third-order valence-electron chi connectivity index (χ3n) is 3.35. The lowest BCUT2D eigenvalue weighted by Gasteiger charge is -2.32. The van der Waals surface area contributed by atoms with Gasteiger partial charge in [0.1, 0.15) is 18.1 Å². The normalized spacial score (nSPS) is 13.9. The zero-order valence-corrected chi connectivity index (χ0v) is 11.7. The fourth-order valence-corrected chi connectivity index (χ4v) is 1.94. The first-order chi connectivity index (χ1) is 8.05. The van der Waals surface area contributed by atoms with Crippen molar-refractivity contribution in [3.63, 3.8) is 0 Å². The van der Waals surface area contributed by atoms with Gasteiger partial charge < -0.3 is 14.5 Å². The van der Waals surface area contributed by atoms with Gasteiger partial charge in [-0.2, -0.15) is 0 Å². The highest BCUT2D eigenvalue weighted by Gasteiger charge is 2.30. The minimum absolute atomic E-state index is 0.179. The van der Waals surface area contributed by atoms with Crippen LogP contribution in [0.25, 0.3) is 0 Å². The molecule has 1 rings (SSSR count). The van der Waals surface area contributed by atoms with Gasteiger partial charge in [-0.15, -0.1) is 0 Å². The lowest BCUT2D eigenvalue weighted by molar-refractivity contribution is 0.153. The van der Waals surface area contributed by atoms with Gasteiger partial charge in [0.25, 0.3) is 0 Å². The molecule has 98 valence electrons. The Morgan fingerprint density at radius 3 is 2.59 bits per heavy atom. The molecule has 0 aromatic carbocycles. The van der Waals surface area contributed by atoms with Gasteiger partial charge in [0.05, 0.1) is 6.04 Å². The molecule has 0 saturated carbocycles. The van der Waals surface area contributed by atoms with E-state index in [0.717, 1.165) is 24.5 Å². The first-order valence-corrected chi connectivity index (χ1v) is 6.36. The highest BCUT2D eigenvalue weighted by molar-refractivity contribution is 5.13. The molecule has 0 spiro atoms. The molecule has 0 aliphatic heterocycles. The van der Waals surface area contributed by atoms with Crippen LogP contribution in [0.4, 0.5) is 0 Å². The van der Waals surface area contributed by atoms with Crippen LogP contribution in [0.2, 0.25) is 0 Å². The summed E-state index contributed by atoms with van der Waals surface area (Å²) in [6, 6.07) is 4.30. The van der Waals surface area contributed by atoms with Gasteiger partial charge in [-0.05, 0) is 30.5 Å². The van der Waals surface area contributed by atoms with Crippen molar-refractivity contribution in [1.29, 1.82) is 0 Å². The van der Waals surface area contributed by atoms with Crippen molar-refractivity contribution in [1.82, 2.24) is 5.32 Å². The Hall–Kier alpha value is -0.800. The van der Waals surface area contributed by atoms with Crippen molar-refractivity contribution in [2.24, 2.45) is 5.41 Å². The summed E-state index contributed by atoms with van der Waals surface area (Å²) >= 11 is 0. The second-order valence-corrected chi connectivity index (χ2v) is 5.07. The maximum absolute atomic E-state index is 5.84. The van der Waals surface area contributed by atoms with Crippen LogP contribution < -0.4 is 5.32 Å². The molecule has 0 amide bonds. The van der Waals surface area contributed by atoms with E-state index in [1.165, 1.54) is 0 Å². The van der Waals surface area contributed by atoms with E-state index in [-0.39, 0.29) is 11.5 Å². The molecule has 1 unspecified atom stereocenters. The Bertz CT molecular complexity index is 331. The van der Waals surface area contributed by atoms with E-state index in [0.29, 0.717) is 6.61 Å². The molecule has 0 bridgehead atoms. The molecule has 3 nitrogen and oxygen atoms in total. The van der Waals surface area contributed by atoms with Crippen LogP contribution >= 0.6 is 0 Å². The number of hydrogen-bond acceptors (Lipinski definition) is 3. The van der Waals surface area contributed by atoms with Gasteiger partial charge in [0, 0.05) is 7.11 Å². The molecule has 1 N–H and O–H groups in total. The summed E-state index contributed by atoms with van der Waals surface area (Å²) in [4.78, 5) is 0. The molecule has 1 aromatic rings. The lowest BCUT2D eigenvalue weighted by Crippen LogP contribution is -2.33. The van der Waals surface area contributed by atoms with Crippen molar-refractivity contribution >= 4 is 0 Å². The highest BCUT2D eigenvalue weighted by Crippen LogP contribution is 2.36. The van der Waals surface area contributed by atoms with E-state index in [2.05, 4.69) is 39.1 Å². The topological polar surface area (TPSA) is 34.4 Å². The third kappa shape index (κ3) is 3.58. The van der Waals surface area contributed by atoms with Crippen LogP contribution in [0.1, 0.15) is 51.7 Å². The van der Waals surface area contributed by atoms with Crippen molar-refractivity contribution in [3.05, 3.63) is 23.7 Å². The van der Waals surface area contributed by atoms with Gasteiger partial charge in [0.15, 0.2) is 0 Å². The standard InChI is InChI=1S/C14H25NO2/c1-6-14(3,4)13(15-7-2)12-9-8-11(17-12)10-16-5/h8-9,13,15H,6-7,10H2,1-5H3. The molecule has 3 heteroatoms. The minimum Gasteiger partial charge on any atom is -0.462 e. The second kappa shape index (κ2) is 6.22. The predicted molar refractivity (Wildman–Crippen MR) is 69.9 cm³/mol. The van der Waals surface area contributed by atoms with Gasteiger partial charge in [-0.1, -0.05) is 27.7 Å². The lowest BCUT2D eigenvalue weighted by atomic mass is 9.80. The second-order valence-electron chi connectivity index (χ2n) is 5.07. The van der Waals surface area contributed by atoms with Crippen molar-refractivity contribution in [3.8, 4) is 0 Å². The summed E-state index contributed by atoms with van der Waals surface area (Å²) in [7, 11) is 1.68. The average molecular weight is 239 g/mol. The molecule has 0 aliphatic carbocycles. The number of rotatable bonds is 7. The smallest absolute Gasteiger partial charge is 0.129 e. The Morgan fingerprint density at radius 1 is 1.35 bits per heavy atom. The first-order valence-electron chi connectivity index (χ1n) is 6.36. The predicted octanol–water partition coefficient (Wildman–Crippen LogP) is 3.51. The summed E-state index contributed by atoms with van der Waals surface area (Å²) in [5, 5.41) is 3.51. The number of hydrogen-bond donors (Lipinski definition) is 1. The molecule has 0 radical (unpaired) electrons. The SMILES string of the molecule is CCNC(c1ccc(COC)o1)C(C)(C)CC. The fourth-order valence-electron chi connectivity index (χ4n) is 1.94. The zero-order valence-electron chi connectivity index (χ0n) is 11.7. The third-order valence-corrected chi connectivity index (χ3v) is 3.35. The zero-order chi connectivity index (χ0) is 12.9. The van der Waals surface area contributed by atoms with E-state index in [4.69, 9.17) is 9.15 Å². The number of methoxy groups -OCH3 is 1. The molecular formula is C14H25NO2. The van der Waals surface area contributed by atoms with Crippen LogP contribution in [0.5, 0.6) is 0 Å². The van der Waals surface area contributed by atoms with E-state index in [1.54, 1.807) is 7.11 Å². The number of ether oxygens (including phenoxy) is 1. The fraction of sp³-hybridized carbons (Fsp3) is 0.714. The van der Waals surface area contributed by atoms with Gasteiger partial charge in [0.2, 0.25) is 0 Å². The number of nitrogens with one attached hydrogen (secondary N) is 1. The molecular weight excluding hydrogens is 214 g/mol.